The lowest BCUT2D eigenvalue weighted by molar-refractivity contribution is 0.581. The summed E-state index contributed by atoms with van der Waals surface area (Å²) in [5.41, 5.74) is 0. The van der Waals surface area contributed by atoms with Crippen LogP contribution in [-0.2, 0) is 0 Å². The molecule has 0 fully saturated rings. The third-order valence-electron chi connectivity index (χ3n) is 2.26. The second kappa shape index (κ2) is 3.36. The second-order valence-corrected chi connectivity index (χ2v) is 7.63. The predicted octanol–water partition coefficient (Wildman–Crippen LogP) is 3.18. The lowest BCUT2D eigenvalue weighted by Crippen LogP contribution is -2.46. The van der Waals surface area contributed by atoms with E-state index in [2.05, 4.69) is 4.85 Å². The molecule has 0 aromatic carbocycles. The van der Waals surface area contributed by atoms with E-state index in [0.717, 1.165) is 6.42 Å². The van der Waals surface area contributed by atoms with E-state index < -0.39 is 13.6 Å². The van der Waals surface area contributed by atoms with Crippen molar-refractivity contribution in [1.82, 2.24) is 0 Å². The van der Waals surface area contributed by atoms with Crippen LogP contribution in [0.25, 0.3) is 4.85 Å². The molecule has 0 aromatic heterocycles. The Morgan fingerprint density at radius 2 is 2.00 bits per heavy atom. The van der Waals surface area contributed by atoms with Gasteiger partial charge in [-0.2, -0.15) is 0 Å². The summed E-state index contributed by atoms with van der Waals surface area (Å²) < 4.78 is 13.6. The summed E-state index contributed by atoms with van der Waals surface area (Å²) in [4.78, 5) is 3.42. The lowest BCUT2D eigenvalue weighted by atomic mass is 10.2. The molecule has 0 rings (SSSR count). The van der Waals surface area contributed by atoms with E-state index in [1.165, 1.54) is 0 Å². The zero-order valence-corrected chi connectivity index (χ0v) is 8.74. The number of nitrogens with zero attached hydrogens (tertiary/aromatic N) is 1. The van der Waals surface area contributed by atoms with Crippen molar-refractivity contribution < 1.29 is 4.11 Å². The first-order valence-electron chi connectivity index (χ1n) is 3.95. The molecule has 1 atom stereocenters. The van der Waals surface area contributed by atoms with Gasteiger partial charge in [0.15, 0.2) is 0 Å². The first-order chi connectivity index (χ1) is 4.87. The molecule has 3 heteroatoms. The van der Waals surface area contributed by atoms with Crippen molar-refractivity contribution in [2.75, 3.05) is 0 Å². The maximum absolute atomic E-state index is 13.6. The van der Waals surface area contributed by atoms with E-state index in [4.69, 9.17) is 6.57 Å². The van der Waals surface area contributed by atoms with Crippen LogP contribution in [0.3, 0.4) is 0 Å². The Labute approximate surface area is 69.6 Å². The van der Waals surface area contributed by atoms with Gasteiger partial charge in [-0.05, 0) is 19.5 Å². The molecule has 1 unspecified atom stereocenters. The highest BCUT2D eigenvalue weighted by Gasteiger charge is 2.50. The zero-order valence-electron chi connectivity index (χ0n) is 7.74. The minimum atomic E-state index is -2.79. The van der Waals surface area contributed by atoms with Gasteiger partial charge < -0.3 is 8.95 Å². The predicted molar refractivity (Wildman–Crippen MR) is 48.5 cm³/mol. The largest absolute Gasteiger partial charge is 0.335 e. The van der Waals surface area contributed by atoms with Gasteiger partial charge in [0.25, 0.3) is 0 Å². The molecular weight excluding hydrogens is 157 g/mol. The van der Waals surface area contributed by atoms with Crippen molar-refractivity contribution in [3.63, 3.8) is 0 Å². The SMILES string of the molecule is [C-]#[N+]C(C)(CCC)[Si](C)(C)F. The lowest BCUT2D eigenvalue weighted by Gasteiger charge is -2.24. The highest BCUT2D eigenvalue weighted by Crippen LogP contribution is 2.30. The van der Waals surface area contributed by atoms with Gasteiger partial charge in [0.05, 0.1) is 0 Å². The van der Waals surface area contributed by atoms with Crippen LogP contribution >= 0.6 is 0 Å². The van der Waals surface area contributed by atoms with Gasteiger partial charge in [0.2, 0.25) is 5.16 Å². The molecule has 0 N–H and O–H groups in total. The summed E-state index contributed by atoms with van der Waals surface area (Å²) in [6, 6.07) is 0. The molecule has 0 aliphatic carbocycles. The van der Waals surface area contributed by atoms with Crippen LogP contribution in [0.4, 0.5) is 4.11 Å². The van der Waals surface area contributed by atoms with E-state index in [1.54, 1.807) is 20.0 Å². The van der Waals surface area contributed by atoms with Crippen LogP contribution in [0.2, 0.25) is 13.1 Å². The number of rotatable bonds is 3. The van der Waals surface area contributed by atoms with Gasteiger partial charge in [-0.1, -0.05) is 6.92 Å². The molecular formula is C8H16FNSi. The molecule has 0 aliphatic heterocycles. The van der Waals surface area contributed by atoms with Gasteiger partial charge >= 0.3 is 8.41 Å². The van der Waals surface area contributed by atoms with Gasteiger partial charge in [-0.15, -0.1) is 0 Å². The molecule has 0 amide bonds. The Balaban J connectivity index is 4.50. The van der Waals surface area contributed by atoms with E-state index in [9.17, 15) is 4.11 Å². The molecule has 0 saturated heterocycles. The first-order valence-corrected chi connectivity index (χ1v) is 6.82. The molecule has 0 aliphatic rings. The normalized spacial score (nSPS) is 17.1. The van der Waals surface area contributed by atoms with Crippen molar-refractivity contribution in [2.45, 2.75) is 44.9 Å². The molecule has 0 aromatic rings. The highest BCUT2D eigenvalue weighted by molar-refractivity contribution is 6.74. The van der Waals surface area contributed by atoms with Gasteiger partial charge in [0.1, 0.15) is 0 Å². The van der Waals surface area contributed by atoms with Crippen molar-refractivity contribution >= 4 is 8.41 Å². The summed E-state index contributed by atoms with van der Waals surface area (Å²) in [7, 11) is -2.79. The Bertz CT molecular complexity index is 168. The van der Waals surface area contributed by atoms with Gasteiger partial charge in [0, 0.05) is 13.3 Å². The minimum Gasteiger partial charge on any atom is -0.313 e. The van der Waals surface area contributed by atoms with Crippen LogP contribution in [0, 0.1) is 6.57 Å². The fourth-order valence-electron chi connectivity index (χ4n) is 0.973. The van der Waals surface area contributed by atoms with E-state index in [-0.39, 0.29) is 0 Å². The van der Waals surface area contributed by atoms with Crippen LogP contribution < -0.4 is 0 Å². The highest BCUT2D eigenvalue weighted by atomic mass is 28.4. The van der Waals surface area contributed by atoms with Crippen LogP contribution in [0.5, 0.6) is 0 Å². The maximum atomic E-state index is 13.6. The second-order valence-electron chi connectivity index (χ2n) is 3.61. The van der Waals surface area contributed by atoms with E-state index in [0.29, 0.717) is 6.42 Å². The molecule has 0 radical (unpaired) electrons. The molecule has 64 valence electrons. The summed E-state index contributed by atoms with van der Waals surface area (Å²) in [5.74, 6) is 0. The molecule has 0 heterocycles. The van der Waals surface area contributed by atoms with Crippen molar-refractivity contribution in [3.05, 3.63) is 11.4 Å². The zero-order chi connectivity index (χ0) is 9.12. The van der Waals surface area contributed by atoms with E-state index in [1.807, 2.05) is 6.92 Å². The average Bonchev–Trinajstić information content (AvgIpc) is 1.86. The number of halogens is 1. The third kappa shape index (κ3) is 2.30. The molecule has 0 saturated carbocycles. The maximum Gasteiger partial charge on any atom is 0.335 e. The minimum absolute atomic E-state index is 0.687. The average molecular weight is 173 g/mol. The number of hydrogen-bond donors (Lipinski definition) is 0. The smallest absolute Gasteiger partial charge is 0.313 e. The summed E-state index contributed by atoms with van der Waals surface area (Å²) in [5, 5.41) is -0.707. The third-order valence-corrected chi connectivity index (χ3v) is 5.19. The summed E-state index contributed by atoms with van der Waals surface area (Å²) in [6.45, 7) is 13.9. The Morgan fingerprint density at radius 1 is 1.55 bits per heavy atom. The topological polar surface area (TPSA) is 4.36 Å². The van der Waals surface area contributed by atoms with Crippen molar-refractivity contribution in [2.24, 2.45) is 0 Å². The molecule has 0 bridgehead atoms. The monoisotopic (exact) mass is 173 g/mol. The van der Waals surface area contributed by atoms with Gasteiger partial charge in [-0.3, -0.25) is 0 Å². The van der Waals surface area contributed by atoms with E-state index >= 15 is 0 Å². The fourth-order valence-corrected chi connectivity index (χ4v) is 2.08. The Morgan fingerprint density at radius 3 is 2.09 bits per heavy atom. The van der Waals surface area contributed by atoms with Crippen molar-refractivity contribution in [3.8, 4) is 0 Å². The van der Waals surface area contributed by atoms with Crippen molar-refractivity contribution in [1.29, 1.82) is 0 Å². The van der Waals surface area contributed by atoms with Gasteiger partial charge in [-0.25, -0.2) is 6.57 Å². The summed E-state index contributed by atoms with van der Waals surface area (Å²) >= 11 is 0. The first kappa shape index (κ1) is 10.6. The quantitative estimate of drug-likeness (QED) is 0.351. The molecule has 0 spiro atoms. The fraction of sp³-hybridized carbons (Fsp3) is 0.875. The van der Waals surface area contributed by atoms with Crippen LogP contribution in [0.1, 0.15) is 26.7 Å². The number of hydrogen-bond acceptors (Lipinski definition) is 0. The Hall–Kier alpha value is -0.363. The van der Waals surface area contributed by atoms with Crippen LogP contribution in [0.15, 0.2) is 0 Å². The molecule has 1 nitrogen and oxygen atoms in total. The molecule has 11 heavy (non-hydrogen) atoms. The summed E-state index contributed by atoms with van der Waals surface area (Å²) in [6.07, 6.45) is 1.57. The Kier molecular flexibility index (Phi) is 3.24. The standard InChI is InChI=1S/C8H16FNSi/c1-6-7-8(2,10-3)11(4,5)9/h6-7H2,1-2,4-5H3. The van der Waals surface area contributed by atoms with Crippen LogP contribution in [-0.4, -0.2) is 13.6 Å².